The summed E-state index contributed by atoms with van der Waals surface area (Å²) in [5, 5.41) is 0. The summed E-state index contributed by atoms with van der Waals surface area (Å²) in [6, 6.07) is 5.60. The number of rotatable bonds is 4. The number of hydrogen-bond donors (Lipinski definition) is 1. The predicted octanol–water partition coefficient (Wildman–Crippen LogP) is 3.08. The van der Waals surface area contributed by atoms with Crippen LogP contribution in [0.3, 0.4) is 0 Å². The molecule has 0 aliphatic rings. The van der Waals surface area contributed by atoms with E-state index in [9.17, 15) is 0 Å². The van der Waals surface area contributed by atoms with E-state index >= 15 is 0 Å². The van der Waals surface area contributed by atoms with E-state index in [1.807, 2.05) is 25.1 Å². The van der Waals surface area contributed by atoms with E-state index in [-0.39, 0.29) is 5.88 Å². The molecule has 0 aliphatic carbocycles. The van der Waals surface area contributed by atoms with Gasteiger partial charge in [-0.1, -0.05) is 6.07 Å². The van der Waals surface area contributed by atoms with Gasteiger partial charge in [0.2, 0.25) is 0 Å². The molecule has 0 atom stereocenters. The highest BCUT2D eigenvalue weighted by Crippen LogP contribution is 2.35. The van der Waals surface area contributed by atoms with E-state index in [1.54, 1.807) is 0 Å². The number of halogens is 2. The average Bonchev–Trinajstić information content (AvgIpc) is 2.23. The summed E-state index contributed by atoms with van der Waals surface area (Å²) in [4.78, 5) is 4.19. The summed E-state index contributed by atoms with van der Waals surface area (Å²) in [6.45, 7) is 2.50. The van der Waals surface area contributed by atoms with Crippen LogP contribution in [0.5, 0.6) is 5.75 Å². The molecule has 0 aliphatic heterocycles. The molecule has 82 valence electrons. The molecule has 0 saturated carbocycles. The first-order chi connectivity index (χ1) is 7.19. The topological polar surface area (TPSA) is 47.6 Å². The molecule has 0 aromatic heterocycles. The average molecular weight is 292 g/mol. The van der Waals surface area contributed by atoms with Gasteiger partial charge in [0.15, 0.2) is 0 Å². The van der Waals surface area contributed by atoms with Crippen molar-refractivity contribution in [2.24, 2.45) is 10.7 Å². The van der Waals surface area contributed by atoms with Crippen LogP contribution in [-0.2, 0) is 0 Å². The fraction of sp³-hybridized carbons (Fsp3) is 0.300. The summed E-state index contributed by atoms with van der Waals surface area (Å²) in [5.74, 6) is 1.26. The maximum absolute atomic E-state index is 5.58. The van der Waals surface area contributed by atoms with Gasteiger partial charge in [0.1, 0.15) is 17.3 Å². The zero-order valence-electron chi connectivity index (χ0n) is 8.34. The van der Waals surface area contributed by atoms with Crippen LogP contribution in [0.4, 0.5) is 5.69 Å². The molecule has 1 rings (SSSR count). The van der Waals surface area contributed by atoms with Crippen molar-refractivity contribution in [3.63, 3.8) is 0 Å². The maximum Gasteiger partial charge on any atom is 0.146 e. The Labute approximate surface area is 102 Å². The van der Waals surface area contributed by atoms with Gasteiger partial charge >= 0.3 is 0 Å². The Bertz CT molecular complexity index is 368. The minimum Gasteiger partial charge on any atom is -0.492 e. The normalized spacial score (nSPS) is 11.5. The number of hydrogen-bond acceptors (Lipinski definition) is 2. The molecule has 0 spiro atoms. The summed E-state index contributed by atoms with van der Waals surface area (Å²) in [7, 11) is 0. The van der Waals surface area contributed by atoms with Crippen molar-refractivity contribution in [3.05, 3.63) is 22.7 Å². The van der Waals surface area contributed by atoms with Crippen LogP contribution in [0.15, 0.2) is 27.7 Å². The van der Waals surface area contributed by atoms with Crippen molar-refractivity contribution in [2.45, 2.75) is 6.92 Å². The minimum atomic E-state index is 0.201. The van der Waals surface area contributed by atoms with Crippen LogP contribution < -0.4 is 10.5 Å². The van der Waals surface area contributed by atoms with Gasteiger partial charge in [-0.25, -0.2) is 4.99 Å². The molecule has 0 unspecified atom stereocenters. The molecule has 0 heterocycles. The molecule has 0 saturated heterocycles. The van der Waals surface area contributed by atoms with E-state index in [1.165, 1.54) is 0 Å². The van der Waals surface area contributed by atoms with Gasteiger partial charge in [0.05, 0.1) is 12.5 Å². The van der Waals surface area contributed by atoms with Crippen molar-refractivity contribution in [1.82, 2.24) is 0 Å². The third-order valence-corrected chi connectivity index (χ3v) is 2.56. The number of nitrogens with two attached hydrogens (primary N) is 1. The second-order valence-corrected chi connectivity index (χ2v) is 3.88. The maximum atomic E-state index is 5.58. The van der Waals surface area contributed by atoms with Crippen molar-refractivity contribution in [2.75, 3.05) is 12.5 Å². The Morgan fingerprint density at radius 2 is 2.33 bits per heavy atom. The van der Waals surface area contributed by atoms with Crippen LogP contribution in [0, 0.1) is 0 Å². The molecule has 0 amide bonds. The quantitative estimate of drug-likeness (QED) is 0.526. The Morgan fingerprint density at radius 1 is 1.60 bits per heavy atom. The number of amidine groups is 1. The highest BCUT2D eigenvalue weighted by molar-refractivity contribution is 9.10. The summed E-state index contributed by atoms with van der Waals surface area (Å²) in [6.07, 6.45) is 0. The molecule has 5 heteroatoms. The van der Waals surface area contributed by atoms with Gasteiger partial charge in [-0.3, -0.25) is 0 Å². The van der Waals surface area contributed by atoms with Crippen molar-refractivity contribution >= 4 is 39.1 Å². The van der Waals surface area contributed by atoms with Crippen LogP contribution in [0.2, 0.25) is 0 Å². The smallest absolute Gasteiger partial charge is 0.146 e. The second-order valence-electron chi connectivity index (χ2n) is 2.76. The van der Waals surface area contributed by atoms with Crippen LogP contribution >= 0.6 is 27.5 Å². The number of benzene rings is 1. The van der Waals surface area contributed by atoms with E-state index in [2.05, 4.69) is 20.9 Å². The lowest BCUT2D eigenvalue weighted by molar-refractivity contribution is 0.341. The lowest BCUT2D eigenvalue weighted by Gasteiger charge is -2.08. The molecule has 2 N–H and O–H groups in total. The zero-order valence-corrected chi connectivity index (χ0v) is 10.7. The molecule has 0 radical (unpaired) electrons. The zero-order chi connectivity index (χ0) is 11.3. The summed E-state index contributed by atoms with van der Waals surface area (Å²) < 4.78 is 6.26. The summed E-state index contributed by atoms with van der Waals surface area (Å²) in [5.41, 5.74) is 6.26. The monoisotopic (exact) mass is 290 g/mol. The van der Waals surface area contributed by atoms with Gasteiger partial charge in [-0.15, -0.1) is 11.6 Å². The molecule has 0 bridgehead atoms. The first-order valence-corrected chi connectivity index (χ1v) is 5.82. The third-order valence-electron chi connectivity index (χ3n) is 1.64. The van der Waals surface area contributed by atoms with Gasteiger partial charge in [-0.2, -0.15) is 0 Å². The lowest BCUT2D eigenvalue weighted by Crippen LogP contribution is -2.12. The molecule has 1 aromatic carbocycles. The van der Waals surface area contributed by atoms with Gasteiger partial charge in [-0.05, 0) is 35.0 Å². The van der Waals surface area contributed by atoms with Crippen LogP contribution in [-0.4, -0.2) is 18.3 Å². The number of alkyl halides is 1. The number of para-hydroxylation sites is 1. The Hall–Kier alpha value is -0.740. The first kappa shape index (κ1) is 12.3. The largest absolute Gasteiger partial charge is 0.492 e. The van der Waals surface area contributed by atoms with Gasteiger partial charge < -0.3 is 10.5 Å². The Balaban J connectivity index is 3.12. The molecule has 1 aromatic rings. The lowest BCUT2D eigenvalue weighted by atomic mass is 10.3. The SMILES string of the molecule is CCOc1cccc(Br)c1N=C(N)CCl. The Kier molecular flexibility index (Phi) is 4.91. The Morgan fingerprint density at radius 3 is 2.93 bits per heavy atom. The molecular weight excluding hydrogens is 279 g/mol. The minimum absolute atomic E-state index is 0.201. The van der Waals surface area contributed by atoms with Crippen LogP contribution in [0.1, 0.15) is 6.92 Å². The third kappa shape index (κ3) is 3.39. The van der Waals surface area contributed by atoms with E-state index in [0.29, 0.717) is 23.9 Å². The van der Waals surface area contributed by atoms with E-state index < -0.39 is 0 Å². The summed E-state index contributed by atoms with van der Waals surface area (Å²) >= 11 is 8.96. The standard InChI is InChI=1S/C10H12BrClN2O/c1-2-15-8-5-3-4-7(11)10(8)14-9(13)6-12/h3-5H,2,6H2,1H3,(H2,13,14). The van der Waals surface area contributed by atoms with E-state index in [0.717, 1.165) is 4.47 Å². The fourth-order valence-electron chi connectivity index (χ4n) is 1.05. The van der Waals surface area contributed by atoms with Crippen molar-refractivity contribution < 1.29 is 4.74 Å². The fourth-order valence-corrected chi connectivity index (χ4v) is 1.55. The van der Waals surface area contributed by atoms with Crippen molar-refractivity contribution in [3.8, 4) is 5.75 Å². The highest BCUT2D eigenvalue weighted by Gasteiger charge is 2.06. The van der Waals surface area contributed by atoms with E-state index in [4.69, 9.17) is 22.1 Å². The number of ether oxygens (including phenoxy) is 1. The predicted molar refractivity (Wildman–Crippen MR) is 67.3 cm³/mol. The van der Waals surface area contributed by atoms with Gasteiger partial charge in [0, 0.05) is 4.47 Å². The molecular formula is C10H12BrClN2O. The molecule has 3 nitrogen and oxygen atoms in total. The van der Waals surface area contributed by atoms with Crippen LogP contribution in [0.25, 0.3) is 0 Å². The molecule has 15 heavy (non-hydrogen) atoms. The van der Waals surface area contributed by atoms with Crippen molar-refractivity contribution in [1.29, 1.82) is 0 Å². The first-order valence-electron chi connectivity index (χ1n) is 4.49. The van der Waals surface area contributed by atoms with Gasteiger partial charge in [0.25, 0.3) is 0 Å². The number of aliphatic imine (C=N–C) groups is 1. The second kappa shape index (κ2) is 5.98. The molecule has 0 fully saturated rings. The highest BCUT2D eigenvalue weighted by atomic mass is 79.9. The number of nitrogens with zero attached hydrogens (tertiary/aromatic N) is 1.